The summed E-state index contributed by atoms with van der Waals surface area (Å²) in [6.07, 6.45) is 0. The fraction of sp³-hybridized carbons (Fsp3) is 0.179. The van der Waals surface area contributed by atoms with E-state index in [1.54, 1.807) is 6.92 Å². The predicted octanol–water partition coefficient (Wildman–Crippen LogP) is 14.1. The summed E-state index contributed by atoms with van der Waals surface area (Å²) >= 11 is 0. The van der Waals surface area contributed by atoms with E-state index in [4.69, 9.17) is 4.79 Å². The van der Waals surface area contributed by atoms with Crippen LogP contribution in [0.5, 0.6) is 0 Å². The van der Waals surface area contributed by atoms with Crippen LogP contribution in [0.2, 0.25) is 0 Å². The maximum atomic E-state index is 10.6. The summed E-state index contributed by atoms with van der Waals surface area (Å²) in [5, 5.41) is 7.70. The van der Waals surface area contributed by atoms with Gasteiger partial charge in [0.15, 0.2) is 5.78 Å². The lowest BCUT2D eigenvalue weighted by Crippen LogP contribution is -2.21. The number of rotatable bonds is 10. The van der Waals surface area contributed by atoms with Crippen molar-refractivity contribution in [2.45, 2.75) is 41.5 Å². The van der Waals surface area contributed by atoms with Crippen molar-refractivity contribution in [3.05, 3.63) is 175 Å². The molecule has 0 amide bonds. The van der Waals surface area contributed by atoms with Crippen LogP contribution in [0.25, 0.3) is 71.3 Å². The fourth-order valence-electron chi connectivity index (χ4n) is 8.77. The molecule has 1 heterocycles. The normalized spacial score (nSPS) is 10.9. The Labute approximate surface area is 360 Å². The molecular formula is C56H55N3O2. The van der Waals surface area contributed by atoms with Crippen LogP contribution in [0, 0.1) is 6.92 Å². The number of para-hydroxylation sites is 2. The second-order valence-electron chi connectivity index (χ2n) is 15.3. The Morgan fingerprint density at radius 1 is 0.475 bits per heavy atom. The van der Waals surface area contributed by atoms with Crippen molar-refractivity contribution < 1.29 is 9.59 Å². The van der Waals surface area contributed by atoms with Gasteiger partial charge in [0.2, 0.25) is 0 Å². The summed E-state index contributed by atoms with van der Waals surface area (Å²) in [5.41, 5.74) is 13.3. The number of fused-ring (bicyclic) bond motifs is 5. The first-order valence-corrected chi connectivity index (χ1v) is 21.4. The first-order valence-electron chi connectivity index (χ1n) is 21.4. The van der Waals surface area contributed by atoms with Crippen LogP contribution in [0.3, 0.4) is 0 Å². The Morgan fingerprint density at radius 2 is 0.951 bits per heavy atom. The number of ketones is 1. The Morgan fingerprint density at radius 3 is 1.48 bits per heavy atom. The van der Waals surface area contributed by atoms with Crippen LogP contribution < -0.4 is 9.80 Å². The average Bonchev–Trinajstić information content (AvgIpc) is 3.64. The lowest BCUT2D eigenvalue weighted by Gasteiger charge is -2.25. The molecule has 5 heteroatoms. The number of anilines is 2. The quantitative estimate of drug-likeness (QED) is 0.102. The Bertz CT molecular complexity index is 2930. The summed E-state index contributed by atoms with van der Waals surface area (Å²) in [5.74, 6) is 0.121. The lowest BCUT2D eigenvalue weighted by molar-refractivity contribution is -0.0980. The van der Waals surface area contributed by atoms with Gasteiger partial charge in [-0.25, -0.2) is 0 Å². The van der Waals surface area contributed by atoms with E-state index in [9.17, 15) is 4.79 Å². The third kappa shape index (κ3) is 8.29. The maximum absolute atomic E-state index is 10.6. The van der Waals surface area contributed by atoms with E-state index in [0.29, 0.717) is 0 Å². The zero-order valence-corrected chi connectivity index (χ0v) is 36.3. The van der Waals surface area contributed by atoms with Crippen molar-refractivity contribution in [3.8, 4) is 27.9 Å². The summed E-state index contributed by atoms with van der Waals surface area (Å²) in [4.78, 5) is 23.6. The van der Waals surface area contributed by atoms with Crippen LogP contribution in [0.1, 0.15) is 50.5 Å². The second-order valence-corrected chi connectivity index (χ2v) is 15.3. The highest BCUT2D eigenvalue weighted by Gasteiger charge is 2.21. The highest BCUT2D eigenvalue weighted by Crippen LogP contribution is 2.47. The third-order valence-corrected chi connectivity index (χ3v) is 11.8. The van der Waals surface area contributed by atoms with E-state index in [1.165, 1.54) is 88.2 Å². The molecule has 9 aromatic rings. The molecule has 0 fully saturated rings. The molecule has 0 spiro atoms. The molecule has 61 heavy (non-hydrogen) atoms. The Balaban J connectivity index is 0.000000450. The maximum Gasteiger partial charge on any atom is 0.159 e. The molecule has 0 atom stereocenters. The molecule has 9 rings (SSSR count). The van der Waals surface area contributed by atoms with Gasteiger partial charge in [0.25, 0.3) is 0 Å². The lowest BCUT2D eigenvalue weighted by atomic mass is 9.85. The molecule has 0 aliphatic heterocycles. The van der Waals surface area contributed by atoms with Crippen molar-refractivity contribution in [3.63, 3.8) is 0 Å². The molecule has 0 N–H and O–H groups in total. The van der Waals surface area contributed by atoms with E-state index in [0.717, 1.165) is 31.7 Å². The predicted molar refractivity (Wildman–Crippen MR) is 262 cm³/mol. The molecule has 306 valence electrons. The minimum Gasteiger partial charge on any atom is -0.372 e. The van der Waals surface area contributed by atoms with Crippen LogP contribution in [-0.2, 0) is 4.79 Å². The number of nitrogens with zero attached hydrogens (tertiary/aromatic N) is 3. The Hall–Kier alpha value is -6.98. The van der Waals surface area contributed by atoms with Gasteiger partial charge < -0.3 is 19.2 Å². The van der Waals surface area contributed by atoms with E-state index < -0.39 is 0 Å². The number of aromatic nitrogens is 1. The molecule has 0 radical (unpaired) electrons. The number of carbonyl (C=O) groups is 2. The van der Waals surface area contributed by atoms with Gasteiger partial charge in [-0.3, -0.25) is 4.79 Å². The number of benzene rings is 8. The monoisotopic (exact) mass is 801 g/mol. The first kappa shape index (κ1) is 42.2. The highest BCUT2D eigenvalue weighted by atomic mass is 16.1. The molecule has 0 saturated carbocycles. The van der Waals surface area contributed by atoms with Gasteiger partial charge in [-0.15, -0.1) is 0 Å². The number of hydrogen-bond acceptors (Lipinski definition) is 4. The zero-order chi connectivity index (χ0) is 43.0. The van der Waals surface area contributed by atoms with Gasteiger partial charge in [-0.05, 0) is 140 Å². The molecule has 0 unspecified atom stereocenters. The van der Waals surface area contributed by atoms with Crippen molar-refractivity contribution in [1.29, 1.82) is 0 Å². The number of Topliss-reactive ketones (excluding diaryl/α,β-unsaturated/α-hetero) is 1. The second kappa shape index (κ2) is 18.9. The molecular weight excluding hydrogens is 747 g/mol. The standard InChI is InChI=1S/C47H45N3.C8H8O.CH2O/c1-6-48(7-2)36-25-27-40-42(30-36)46(33-21-19-32(5)20-22-33)39-26-24-37(49(8-3)9-4)31-43(39)47(40)34-23-28-45-41(29-34)38-17-13-14-18-44(38)50(45)35-15-11-10-12-16-35;1-7(9)8-5-3-2-4-6-8;1-2/h10-31H,6-9H2,1-5H3;2-6H,1H3;1H2. The van der Waals surface area contributed by atoms with Crippen molar-refractivity contribution in [2.75, 3.05) is 36.0 Å². The van der Waals surface area contributed by atoms with Gasteiger partial charge >= 0.3 is 0 Å². The number of aryl methyl sites for hydroxylation is 1. The number of hydrogen-bond donors (Lipinski definition) is 0. The minimum absolute atomic E-state index is 0.121. The summed E-state index contributed by atoms with van der Waals surface area (Å²) < 4.78 is 2.40. The average molecular weight is 802 g/mol. The number of carbonyl (C=O) groups excluding carboxylic acids is 2. The SMILES string of the molecule is C=O.CC(=O)c1ccccc1.CCN(CC)c1ccc2c(-c3ccc4c(c3)c3ccccc3n4-c3ccccc3)c3cc(N(CC)CC)ccc3c(-c3ccc(C)cc3)c2c1. The Kier molecular flexibility index (Phi) is 13.1. The molecule has 5 nitrogen and oxygen atoms in total. The van der Waals surface area contributed by atoms with E-state index in [-0.39, 0.29) is 5.78 Å². The molecule has 0 bridgehead atoms. The van der Waals surface area contributed by atoms with Crippen molar-refractivity contribution in [2.24, 2.45) is 0 Å². The molecule has 8 aromatic carbocycles. The van der Waals surface area contributed by atoms with Gasteiger partial charge in [-0.2, -0.15) is 0 Å². The van der Waals surface area contributed by atoms with Gasteiger partial charge in [0.05, 0.1) is 11.0 Å². The smallest absolute Gasteiger partial charge is 0.159 e. The summed E-state index contributed by atoms with van der Waals surface area (Å²) in [6, 6.07) is 59.3. The van der Waals surface area contributed by atoms with Gasteiger partial charge in [0.1, 0.15) is 6.79 Å². The van der Waals surface area contributed by atoms with Gasteiger partial charge in [-0.1, -0.05) is 115 Å². The van der Waals surface area contributed by atoms with Crippen LogP contribution >= 0.6 is 0 Å². The van der Waals surface area contributed by atoms with Gasteiger partial charge in [0, 0.05) is 59.6 Å². The molecule has 0 aliphatic rings. The van der Waals surface area contributed by atoms with Crippen molar-refractivity contribution >= 4 is 67.3 Å². The third-order valence-electron chi connectivity index (χ3n) is 11.8. The first-order chi connectivity index (χ1) is 29.8. The molecule has 0 aliphatic carbocycles. The topological polar surface area (TPSA) is 45.6 Å². The van der Waals surface area contributed by atoms with Crippen LogP contribution in [0.4, 0.5) is 11.4 Å². The van der Waals surface area contributed by atoms with Crippen LogP contribution in [-0.4, -0.2) is 43.3 Å². The zero-order valence-electron chi connectivity index (χ0n) is 36.3. The molecule has 1 aromatic heterocycles. The fourth-order valence-corrected chi connectivity index (χ4v) is 8.77. The summed E-state index contributed by atoms with van der Waals surface area (Å²) in [6.45, 7) is 18.6. The van der Waals surface area contributed by atoms with E-state index >= 15 is 0 Å². The van der Waals surface area contributed by atoms with Crippen molar-refractivity contribution in [1.82, 2.24) is 4.57 Å². The van der Waals surface area contributed by atoms with E-state index in [2.05, 4.69) is 182 Å². The minimum atomic E-state index is 0.121. The van der Waals surface area contributed by atoms with E-state index in [1.807, 2.05) is 37.1 Å². The largest absolute Gasteiger partial charge is 0.372 e. The highest BCUT2D eigenvalue weighted by molar-refractivity contribution is 6.23. The van der Waals surface area contributed by atoms with Crippen LogP contribution in [0.15, 0.2) is 164 Å². The summed E-state index contributed by atoms with van der Waals surface area (Å²) in [7, 11) is 0. The molecule has 0 saturated heterocycles.